The molecule has 1 fully saturated rings. The summed E-state index contributed by atoms with van der Waals surface area (Å²) in [7, 11) is 1.29. The molecule has 3 aromatic rings. The van der Waals surface area contributed by atoms with Gasteiger partial charge in [0.1, 0.15) is 5.69 Å². The number of fused-ring (bicyclic) bond motifs is 5. The average molecular weight is 455 g/mol. The number of piperidine rings is 1. The van der Waals surface area contributed by atoms with Crippen molar-refractivity contribution in [3.8, 4) is 0 Å². The molecule has 0 radical (unpaired) electrons. The second-order valence-electron chi connectivity index (χ2n) is 8.47. The number of esters is 1. The lowest BCUT2D eigenvalue weighted by Gasteiger charge is -2.42. The molecule has 9 heteroatoms. The molecule has 4 heterocycles. The number of halogens is 1. The Morgan fingerprint density at radius 2 is 2.00 bits per heavy atom. The van der Waals surface area contributed by atoms with E-state index in [1.165, 1.54) is 7.11 Å². The first kappa shape index (κ1) is 20.8. The molecule has 2 atom stereocenters. The highest BCUT2D eigenvalue weighted by atomic mass is 35.5. The van der Waals surface area contributed by atoms with Crippen LogP contribution in [0.2, 0.25) is 5.02 Å². The second kappa shape index (κ2) is 8.11. The van der Waals surface area contributed by atoms with Gasteiger partial charge in [-0.3, -0.25) is 14.5 Å². The van der Waals surface area contributed by atoms with Gasteiger partial charge in [0.15, 0.2) is 0 Å². The summed E-state index contributed by atoms with van der Waals surface area (Å²) in [4.78, 5) is 42.6. The highest BCUT2D eigenvalue weighted by Gasteiger charge is 2.35. The van der Waals surface area contributed by atoms with Crippen LogP contribution in [0.1, 0.15) is 28.5 Å². The third kappa shape index (κ3) is 3.59. The number of carbonyl (C=O) groups excluding carboxylic acids is 2. The number of ether oxygens (including phenoxy) is 1. The fourth-order valence-electron chi connectivity index (χ4n) is 5.09. The van der Waals surface area contributed by atoms with Gasteiger partial charge in [-0.25, -0.2) is 4.79 Å². The minimum atomic E-state index is -0.581. The zero-order valence-electron chi connectivity index (χ0n) is 17.6. The molecule has 0 unspecified atom stereocenters. The summed E-state index contributed by atoms with van der Waals surface area (Å²) in [6.07, 6.45) is 1.02. The van der Waals surface area contributed by atoms with Crippen molar-refractivity contribution in [1.29, 1.82) is 0 Å². The molecule has 1 saturated heterocycles. The Morgan fingerprint density at radius 1 is 1.19 bits per heavy atom. The van der Waals surface area contributed by atoms with E-state index in [2.05, 4.69) is 15.2 Å². The van der Waals surface area contributed by atoms with E-state index in [0.29, 0.717) is 40.6 Å². The maximum absolute atomic E-state index is 13.0. The van der Waals surface area contributed by atoms with Gasteiger partial charge in [0.25, 0.3) is 5.56 Å². The molecular formula is C23H23ClN4O4. The van der Waals surface area contributed by atoms with Crippen LogP contribution in [0.5, 0.6) is 0 Å². The third-order valence-corrected chi connectivity index (χ3v) is 6.66. The summed E-state index contributed by atoms with van der Waals surface area (Å²) in [5.41, 5.74) is 2.21. The molecule has 2 aliphatic heterocycles. The van der Waals surface area contributed by atoms with Crippen LogP contribution in [-0.2, 0) is 16.1 Å². The maximum atomic E-state index is 13.0. The predicted molar refractivity (Wildman–Crippen MR) is 121 cm³/mol. The van der Waals surface area contributed by atoms with Crippen molar-refractivity contribution in [3.63, 3.8) is 0 Å². The van der Waals surface area contributed by atoms with Gasteiger partial charge in [-0.05, 0) is 30.5 Å². The van der Waals surface area contributed by atoms with Crippen LogP contribution >= 0.6 is 11.6 Å². The molecule has 0 aliphatic carbocycles. The summed E-state index contributed by atoms with van der Waals surface area (Å²) in [5.74, 6) is -0.275. The van der Waals surface area contributed by atoms with Gasteiger partial charge in [0.2, 0.25) is 5.91 Å². The Hall–Kier alpha value is -3.10. The van der Waals surface area contributed by atoms with Crippen molar-refractivity contribution in [2.75, 3.05) is 32.1 Å². The zero-order chi connectivity index (χ0) is 22.4. The molecule has 166 valence electrons. The monoisotopic (exact) mass is 454 g/mol. The molecule has 0 spiro atoms. The minimum Gasteiger partial charge on any atom is -0.464 e. The molecule has 2 aliphatic rings. The Bertz CT molecular complexity index is 1280. The summed E-state index contributed by atoms with van der Waals surface area (Å²) >= 11 is 6.36. The number of amides is 1. The number of anilines is 1. The standard InChI is InChI=1S/C23H23ClN4O4/c1-32-23(31)22-21(20-15(24)4-2-5-16(20)25-22)26-18(29)12-27-9-13-8-14(11-27)17-6-3-7-19(30)28(17)10-13/h2-7,13-14,25H,8-12H2,1H3,(H,26,29)/t13-,14+/m0/s1. The first-order chi connectivity index (χ1) is 15.4. The first-order valence-corrected chi connectivity index (χ1v) is 10.9. The number of carbonyl (C=O) groups is 2. The van der Waals surface area contributed by atoms with Crippen LogP contribution in [0.4, 0.5) is 5.69 Å². The van der Waals surface area contributed by atoms with Gasteiger partial charge in [0, 0.05) is 48.2 Å². The van der Waals surface area contributed by atoms with Gasteiger partial charge in [-0.1, -0.05) is 23.7 Å². The highest BCUT2D eigenvalue weighted by Crippen LogP contribution is 2.36. The number of benzene rings is 1. The zero-order valence-corrected chi connectivity index (χ0v) is 18.3. The summed E-state index contributed by atoms with van der Waals surface area (Å²) in [6.45, 7) is 2.30. The van der Waals surface area contributed by atoms with Crippen LogP contribution in [-0.4, -0.2) is 53.1 Å². The van der Waals surface area contributed by atoms with Gasteiger partial charge < -0.3 is 19.6 Å². The number of rotatable bonds is 4. The number of hydrogen-bond acceptors (Lipinski definition) is 5. The molecule has 8 nitrogen and oxygen atoms in total. The minimum absolute atomic E-state index is 0.0370. The highest BCUT2D eigenvalue weighted by molar-refractivity contribution is 6.37. The molecule has 32 heavy (non-hydrogen) atoms. The van der Waals surface area contributed by atoms with Crippen molar-refractivity contribution in [1.82, 2.24) is 14.5 Å². The maximum Gasteiger partial charge on any atom is 0.356 e. The van der Waals surface area contributed by atoms with Crippen molar-refractivity contribution in [2.45, 2.75) is 18.9 Å². The number of aromatic amines is 1. The largest absolute Gasteiger partial charge is 0.464 e. The number of H-pyrrole nitrogens is 1. The summed E-state index contributed by atoms with van der Waals surface area (Å²) in [6, 6.07) is 10.7. The molecule has 0 saturated carbocycles. The first-order valence-electron chi connectivity index (χ1n) is 10.5. The molecule has 1 aromatic carbocycles. The van der Waals surface area contributed by atoms with E-state index in [9.17, 15) is 14.4 Å². The number of hydrogen-bond donors (Lipinski definition) is 2. The second-order valence-corrected chi connectivity index (χ2v) is 8.88. The number of nitrogens with zero attached hydrogens (tertiary/aromatic N) is 2. The van der Waals surface area contributed by atoms with Crippen molar-refractivity contribution in [3.05, 3.63) is 63.2 Å². The van der Waals surface area contributed by atoms with Crippen LogP contribution in [0.3, 0.4) is 0 Å². The van der Waals surface area contributed by atoms with Gasteiger partial charge in [0.05, 0.1) is 24.4 Å². The van der Waals surface area contributed by atoms with Crippen molar-refractivity contribution in [2.24, 2.45) is 5.92 Å². The Kier molecular flexibility index (Phi) is 5.27. The van der Waals surface area contributed by atoms with Crippen molar-refractivity contribution >= 4 is 40.1 Å². The fraction of sp³-hybridized carbons (Fsp3) is 0.348. The molecule has 1 amide bonds. The molecule has 5 rings (SSSR count). The molecule has 2 aromatic heterocycles. The third-order valence-electron chi connectivity index (χ3n) is 6.35. The lowest BCUT2D eigenvalue weighted by molar-refractivity contribution is -0.117. The van der Waals surface area contributed by atoms with E-state index in [1.54, 1.807) is 30.3 Å². The van der Waals surface area contributed by atoms with Crippen LogP contribution in [0.25, 0.3) is 10.9 Å². The quantitative estimate of drug-likeness (QED) is 0.591. The van der Waals surface area contributed by atoms with E-state index in [0.717, 1.165) is 18.7 Å². The topological polar surface area (TPSA) is 96.4 Å². The average Bonchev–Trinajstić information content (AvgIpc) is 3.13. The molecule has 2 N–H and O–H groups in total. The Labute approximate surface area is 189 Å². The molecular weight excluding hydrogens is 432 g/mol. The lowest BCUT2D eigenvalue weighted by atomic mass is 9.83. The Morgan fingerprint density at radius 3 is 2.81 bits per heavy atom. The van der Waals surface area contributed by atoms with Gasteiger partial charge >= 0.3 is 5.97 Å². The number of methoxy groups -OCH3 is 1. The number of likely N-dealkylation sites (tertiary alicyclic amines) is 1. The predicted octanol–water partition coefficient (Wildman–Crippen LogP) is 2.83. The van der Waals surface area contributed by atoms with E-state index < -0.39 is 5.97 Å². The normalized spacial score (nSPS) is 20.1. The van der Waals surface area contributed by atoms with E-state index in [4.69, 9.17) is 16.3 Å². The van der Waals surface area contributed by atoms with Crippen LogP contribution < -0.4 is 10.9 Å². The van der Waals surface area contributed by atoms with Crippen LogP contribution in [0.15, 0.2) is 41.2 Å². The number of aromatic nitrogens is 2. The van der Waals surface area contributed by atoms with Gasteiger partial charge in [-0.15, -0.1) is 0 Å². The molecule has 2 bridgehead atoms. The van der Waals surface area contributed by atoms with E-state index in [1.807, 2.05) is 10.6 Å². The van der Waals surface area contributed by atoms with Crippen LogP contribution in [0, 0.1) is 5.92 Å². The summed E-state index contributed by atoms with van der Waals surface area (Å²) in [5, 5.41) is 3.88. The van der Waals surface area contributed by atoms with Crippen molar-refractivity contribution < 1.29 is 14.3 Å². The van der Waals surface area contributed by atoms with E-state index in [-0.39, 0.29) is 29.6 Å². The fourth-order valence-corrected chi connectivity index (χ4v) is 5.36. The number of nitrogens with one attached hydrogen (secondary N) is 2. The van der Waals surface area contributed by atoms with Gasteiger partial charge in [-0.2, -0.15) is 0 Å². The summed E-state index contributed by atoms with van der Waals surface area (Å²) < 4.78 is 6.74. The number of pyridine rings is 1. The lowest BCUT2D eigenvalue weighted by Crippen LogP contribution is -2.49. The SMILES string of the molecule is COC(=O)c1[nH]c2cccc(Cl)c2c1NC(=O)CN1C[C@@H]2C[C@H](C1)c1cccc(=O)n1C2. The van der Waals surface area contributed by atoms with E-state index >= 15 is 0 Å². The smallest absolute Gasteiger partial charge is 0.356 e. The Balaban J connectivity index is 1.37.